The van der Waals surface area contributed by atoms with Gasteiger partial charge in [0.1, 0.15) is 15.7 Å². The van der Waals surface area contributed by atoms with E-state index in [9.17, 15) is 0 Å². The van der Waals surface area contributed by atoms with Crippen LogP contribution in [0.1, 0.15) is 52.2 Å². The van der Waals surface area contributed by atoms with Crippen molar-refractivity contribution in [3.05, 3.63) is 29.8 Å². The van der Waals surface area contributed by atoms with Gasteiger partial charge in [0.15, 0.2) is 0 Å². The maximum Gasteiger partial charge on any atom is 0.127 e. The SMILES string of the molecule is C[C@@H]1[C@@H]([C@]2(C)CC[C@@H]3[C@H](O2)c2ccccc2OC3(C)C)C1(Cl)Cl. The smallest absolute Gasteiger partial charge is 0.127 e. The van der Waals surface area contributed by atoms with Crippen molar-refractivity contribution in [1.29, 1.82) is 0 Å². The van der Waals surface area contributed by atoms with Crippen LogP contribution in [0, 0.1) is 17.8 Å². The molecule has 3 aliphatic rings. The number of alkyl halides is 2. The highest BCUT2D eigenvalue weighted by Gasteiger charge is 2.69. The van der Waals surface area contributed by atoms with Crippen LogP contribution in [0.25, 0.3) is 0 Å². The minimum absolute atomic E-state index is 0.0469. The van der Waals surface area contributed by atoms with Crippen molar-refractivity contribution < 1.29 is 9.47 Å². The summed E-state index contributed by atoms with van der Waals surface area (Å²) in [6.45, 7) is 8.63. The van der Waals surface area contributed by atoms with Crippen molar-refractivity contribution in [2.45, 2.75) is 62.2 Å². The molecule has 0 spiro atoms. The Morgan fingerprint density at radius 2 is 1.78 bits per heavy atom. The largest absolute Gasteiger partial charge is 0.487 e. The van der Waals surface area contributed by atoms with Gasteiger partial charge < -0.3 is 9.47 Å². The van der Waals surface area contributed by atoms with E-state index in [4.69, 9.17) is 32.7 Å². The van der Waals surface area contributed by atoms with Crippen molar-refractivity contribution in [2.24, 2.45) is 17.8 Å². The topological polar surface area (TPSA) is 18.5 Å². The predicted octanol–water partition coefficient (Wildman–Crippen LogP) is 5.52. The fourth-order valence-electron chi connectivity index (χ4n) is 4.83. The molecule has 126 valence electrons. The van der Waals surface area contributed by atoms with E-state index in [1.54, 1.807) is 0 Å². The predicted molar refractivity (Wildman–Crippen MR) is 93.2 cm³/mol. The Morgan fingerprint density at radius 3 is 2.43 bits per heavy atom. The first-order chi connectivity index (χ1) is 10.7. The quantitative estimate of drug-likeness (QED) is 0.617. The fraction of sp³-hybridized carbons (Fsp3) is 0.684. The minimum atomic E-state index is -0.651. The van der Waals surface area contributed by atoms with Gasteiger partial charge in [-0.1, -0.05) is 25.1 Å². The number of ether oxygens (including phenoxy) is 2. The number of para-hydroxylation sites is 1. The summed E-state index contributed by atoms with van der Waals surface area (Å²) in [5.74, 6) is 1.75. The number of hydrogen-bond acceptors (Lipinski definition) is 2. The highest BCUT2D eigenvalue weighted by molar-refractivity contribution is 6.51. The molecule has 1 saturated heterocycles. The molecule has 1 aromatic rings. The molecule has 0 unspecified atom stereocenters. The molecular weight excluding hydrogens is 331 g/mol. The Labute approximate surface area is 148 Å². The molecule has 0 bridgehead atoms. The first-order valence-corrected chi connectivity index (χ1v) is 9.26. The Kier molecular flexibility index (Phi) is 3.35. The standard InChI is InChI=1S/C19H24Cl2O2/c1-11-16(19(11,20)21)18(4)10-9-13-15(23-18)12-7-5-6-8-14(12)22-17(13,2)3/h5-8,11,13,15-16H,9-10H2,1-4H3/t11-,13-,15-,16+,18+/m1/s1. The summed E-state index contributed by atoms with van der Waals surface area (Å²) < 4.78 is 12.3. The summed E-state index contributed by atoms with van der Waals surface area (Å²) in [6, 6.07) is 8.23. The van der Waals surface area contributed by atoms with Crippen molar-refractivity contribution in [3.63, 3.8) is 0 Å². The molecule has 5 atom stereocenters. The number of rotatable bonds is 1. The highest BCUT2D eigenvalue weighted by Crippen LogP contribution is 2.67. The third-order valence-electron chi connectivity index (χ3n) is 6.28. The Hall–Kier alpha value is -0.440. The molecule has 0 amide bonds. The van der Waals surface area contributed by atoms with Crippen LogP contribution in [0.3, 0.4) is 0 Å². The Bertz CT molecular complexity index is 642. The lowest BCUT2D eigenvalue weighted by molar-refractivity contribution is -0.199. The van der Waals surface area contributed by atoms with Gasteiger partial charge in [0, 0.05) is 17.4 Å². The molecule has 2 aliphatic heterocycles. The van der Waals surface area contributed by atoms with E-state index < -0.39 is 4.33 Å². The monoisotopic (exact) mass is 354 g/mol. The zero-order valence-corrected chi connectivity index (χ0v) is 15.6. The Morgan fingerprint density at radius 1 is 1.13 bits per heavy atom. The molecule has 1 aliphatic carbocycles. The van der Waals surface area contributed by atoms with Gasteiger partial charge in [-0.25, -0.2) is 0 Å². The summed E-state index contributed by atoms with van der Waals surface area (Å²) in [4.78, 5) is 0. The zero-order chi connectivity index (χ0) is 16.6. The molecule has 0 aromatic heterocycles. The number of benzene rings is 1. The van der Waals surface area contributed by atoms with Gasteiger partial charge in [-0.05, 0) is 45.6 Å². The first kappa shape index (κ1) is 16.1. The zero-order valence-electron chi connectivity index (χ0n) is 14.1. The lowest BCUT2D eigenvalue weighted by Gasteiger charge is -2.52. The molecule has 0 N–H and O–H groups in total. The van der Waals surface area contributed by atoms with Gasteiger partial charge >= 0.3 is 0 Å². The third kappa shape index (κ3) is 2.25. The van der Waals surface area contributed by atoms with E-state index in [2.05, 4.69) is 39.8 Å². The van der Waals surface area contributed by atoms with Crippen LogP contribution in [0.2, 0.25) is 0 Å². The minimum Gasteiger partial charge on any atom is -0.487 e. The summed E-state index contributed by atoms with van der Waals surface area (Å²) in [5, 5.41) is 0. The highest BCUT2D eigenvalue weighted by atomic mass is 35.5. The van der Waals surface area contributed by atoms with Gasteiger partial charge in [0.2, 0.25) is 0 Å². The summed E-state index contributed by atoms with van der Waals surface area (Å²) >= 11 is 12.9. The lowest BCUT2D eigenvalue weighted by atomic mass is 9.72. The van der Waals surface area contributed by atoms with E-state index in [0.717, 1.165) is 24.2 Å². The van der Waals surface area contributed by atoms with Gasteiger partial charge in [-0.2, -0.15) is 0 Å². The van der Waals surface area contributed by atoms with E-state index in [1.165, 1.54) is 0 Å². The summed E-state index contributed by atoms with van der Waals surface area (Å²) in [6.07, 6.45) is 2.08. The fourth-order valence-corrected chi connectivity index (χ4v) is 5.79. The first-order valence-electron chi connectivity index (χ1n) is 8.50. The Balaban J connectivity index is 1.71. The van der Waals surface area contributed by atoms with Crippen LogP contribution >= 0.6 is 23.2 Å². The van der Waals surface area contributed by atoms with Crippen molar-refractivity contribution in [3.8, 4) is 5.75 Å². The number of hydrogen-bond donors (Lipinski definition) is 0. The van der Waals surface area contributed by atoms with Crippen LogP contribution < -0.4 is 4.74 Å². The van der Waals surface area contributed by atoms with Crippen LogP contribution in [0.5, 0.6) is 5.75 Å². The third-order valence-corrected chi connectivity index (χ3v) is 7.43. The van der Waals surface area contributed by atoms with Crippen LogP contribution in [-0.2, 0) is 4.74 Å². The summed E-state index contributed by atoms with van der Waals surface area (Å²) in [7, 11) is 0. The van der Waals surface area contributed by atoms with Crippen LogP contribution in [0.15, 0.2) is 24.3 Å². The molecule has 4 heteroatoms. The molecule has 23 heavy (non-hydrogen) atoms. The molecule has 1 aromatic carbocycles. The number of fused-ring (bicyclic) bond motifs is 3. The van der Waals surface area contributed by atoms with Gasteiger partial charge in [0.05, 0.1) is 11.7 Å². The molecule has 2 heterocycles. The van der Waals surface area contributed by atoms with Gasteiger partial charge in [0.25, 0.3) is 0 Å². The number of halogens is 2. The molecule has 0 radical (unpaired) electrons. The maximum atomic E-state index is 6.72. The maximum absolute atomic E-state index is 6.72. The van der Waals surface area contributed by atoms with E-state index in [1.807, 2.05) is 12.1 Å². The van der Waals surface area contributed by atoms with E-state index >= 15 is 0 Å². The summed E-state index contributed by atoms with van der Waals surface area (Å²) in [5.41, 5.74) is 0.657. The van der Waals surface area contributed by atoms with Crippen molar-refractivity contribution in [2.75, 3.05) is 0 Å². The molecular formula is C19H24Cl2O2. The molecule has 2 nitrogen and oxygen atoms in total. The second-order valence-electron chi connectivity index (χ2n) is 8.18. The molecule has 1 saturated carbocycles. The lowest BCUT2D eigenvalue weighted by Crippen LogP contribution is -2.52. The molecule has 2 fully saturated rings. The van der Waals surface area contributed by atoms with Gasteiger partial charge in [-0.3, -0.25) is 0 Å². The van der Waals surface area contributed by atoms with E-state index in [-0.39, 0.29) is 29.1 Å². The van der Waals surface area contributed by atoms with Crippen molar-refractivity contribution in [1.82, 2.24) is 0 Å². The van der Waals surface area contributed by atoms with E-state index in [0.29, 0.717) is 5.92 Å². The van der Waals surface area contributed by atoms with Crippen LogP contribution in [0.4, 0.5) is 0 Å². The second-order valence-corrected chi connectivity index (χ2v) is 9.62. The van der Waals surface area contributed by atoms with Gasteiger partial charge in [-0.15, -0.1) is 23.2 Å². The average molecular weight is 355 g/mol. The normalized spacial score (nSPS) is 43.0. The molecule has 4 rings (SSSR count). The van der Waals surface area contributed by atoms with Crippen LogP contribution in [-0.4, -0.2) is 15.5 Å². The average Bonchev–Trinajstić information content (AvgIpc) is 2.97. The van der Waals surface area contributed by atoms with Crippen molar-refractivity contribution >= 4 is 23.2 Å². The second kappa shape index (κ2) is 4.80.